The molecule has 0 heterocycles. The minimum atomic E-state index is -0.434. The molecule has 0 spiro atoms. The molecule has 2 aromatic rings. The highest BCUT2D eigenvalue weighted by Gasteiger charge is 2.03. The van der Waals surface area contributed by atoms with E-state index in [1.807, 2.05) is 12.1 Å². The number of unbranched alkanes of at least 4 members (excludes halogenated alkanes) is 6. The summed E-state index contributed by atoms with van der Waals surface area (Å²) in [5.41, 5.74) is 2.36. The van der Waals surface area contributed by atoms with Crippen LogP contribution >= 0.6 is 0 Å². The maximum absolute atomic E-state index is 10.6. The van der Waals surface area contributed by atoms with Crippen molar-refractivity contribution in [2.24, 2.45) is 0 Å². The molecule has 0 saturated carbocycles. The van der Waals surface area contributed by atoms with Crippen molar-refractivity contribution in [3.05, 3.63) is 72.3 Å². The van der Waals surface area contributed by atoms with Gasteiger partial charge in [0, 0.05) is 6.08 Å². The highest BCUT2D eigenvalue weighted by molar-refractivity contribution is 5.83. The molecule has 3 heteroatoms. The second-order valence-electron chi connectivity index (χ2n) is 6.88. The van der Waals surface area contributed by atoms with E-state index in [-0.39, 0.29) is 0 Å². The van der Waals surface area contributed by atoms with Crippen molar-refractivity contribution in [2.45, 2.75) is 65.2 Å². The molecule has 0 radical (unpaired) electrons. The Hall–Kier alpha value is -2.55. The zero-order valence-corrected chi connectivity index (χ0v) is 17.3. The molecule has 152 valence electrons. The molecule has 0 bridgehead atoms. The number of ether oxygens (including phenoxy) is 1. The van der Waals surface area contributed by atoms with Gasteiger partial charge < -0.3 is 9.84 Å². The molecular formula is C25H34O3. The van der Waals surface area contributed by atoms with Crippen molar-refractivity contribution < 1.29 is 14.6 Å². The third-order valence-corrected chi connectivity index (χ3v) is 4.54. The van der Waals surface area contributed by atoms with Crippen LogP contribution in [0, 0.1) is 6.92 Å². The monoisotopic (exact) mass is 382 g/mol. The first kappa shape index (κ1) is 23.5. The standard InChI is InChI=1S/C16H26O.C9H8O2/c1-3-4-5-6-7-8-9-12-15-14(2)11-10-13-16(15)17;1-2-9(10)11-8-6-4-3-5-7-8/h10-11,13,17H,3-9,12H2,1-2H3;2-7H,1H2. The smallest absolute Gasteiger partial charge is 0.335 e. The van der Waals surface area contributed by atoms with Crippen molar-refractivity contribution in [1.29, 1.82) is 0 Å². The normalized spacial score (nSPS) is 9.93. The van der Waals surface area contributed by atoms with Gasteiger partial charge in [0.25, 0.3) is 0 Å². The largest absolute Gasteiger partial charge is 0.508 e. The summed E-state index contributed by atoms with van der Waals surface area (Å²) in [5.74, 6) is 0.574. The third kappa shape index (κ3) is 9.96. The van der Waals surface area contributed by atoms with E-state index in [0.717, 1.165) is 18.1 Å². The SMILES string of the molecule is C=CC(=O)Oc1ccccc1.CCCCCCCCCc1c(C)cccc1O. The van der Waals surface area contributed by atoms with Crippen molar-refractivity contribution in [2.75, 3.05) is 0 Å². The molecule has 2 rings (SSSR count). The van der Waals surface area contributed by atoms with Gasteiger partial charge in [-0.3, -0.25) is 0 Å². The summed E-state index contributed by atoms with van der Waals surface area (Å²) in [6, 6.07) is 14.7. The van der Waals surface area contributed by atoms with Crippen LogP contribution in [0.25, 0.3) is 0 Å². The number of phenolic OH excluding ortho intramolecular Hbond substituents is 1. The van der Waals surface area contributed by atoms with E-state index in [1.54, 1.807) is 30.3 Å². The topological polar surface area (TPSA) is 46.5 Å². The number of esters is 1. The lowest BCUT2D eigenvalue weighted by Gasteiger charge is -2.08. The first-order valence-corrected chi connectivity index (χ1v) is 10.2. The summed E-state index contributed by atoms with van der Waals surface area (Å²) in [7, 11) is 0. The summed E-state index contributed by atoms with van der Waals surface area (Å²) in [4.78, 5) is 10.6. The van der Waals surface area contributed by atoms with Crippen LogP contribution in [-0.4, -0.2) is 11.1 Å². The second kappa shape index (κ2) is 14.5. The van der Waals surface area contributed by atoms with E-state index < -0.39 is 5.97 Å². The number of phenols is 1. The summed E-state index contributed by atoms with van der Waals surface area (Å²) in [5, 5.41) is 9.76. The molecule has 0 unspecified atom stereocenters. The highest BCUT2D eigenvalue weighted by atomic mass is 16.5. The second-order valence-corrected chi connectivity index (χ2v) is 6.88. The first-order chi connectivity index (χ1) is 13.6. The highest BCUT2D eigenvalue weighted by Crippen LogP contribution is 2.22. The fourth-order valence-electron chi connectivity index (χ4n) is 2.92. The van der Waals surface area contributed by atoms with Crippen LogP contribution in [0.2, 0.25) is 0 Å². The molecule has 1 N–H and O–H groups in total. The van der Waals surface area contributed by atoms with E-state index in [2.05, 4.69) is 26.5 Å². The predicted molar refractivity (Wildman–Crippen MR) is 117 cm³/mol. The van der Waals surface area contributed by atoms with Gasteiger partial charge in [-0.15, -0.1) is 0 Å². The van der Waals surface area contributed by atoms with Crippen LogP contribution in [0.15, 0.2) is 61.2 Å². The minimum absolute atomic E-state index is 0.434. The fraction of sp³-hybridized carbons (Fsp3) is 0.400. The summed E-state index contributed by atoms with van der Waals surface area (Å²) >= 11 is 0. The molecule has 0 amide bonds. The number of hydrogen-bond donors (Lipinski definition) is 1. The van der Waals surface area contributed by atoms with E-state index in [9.17, 15) is 9.90 Å². The Kier molecular flexibility index (Phi) is 12.2. The Labute approximate surface area is 170 Å². The van der Waals surface area contributed by atoms with Gasteiger partial charge in [0.05, 0.1) is 0 Å². The summed E-state index contributed by atoms with van der Waals surface area (Å²) in [6.07, 6.45) is 11.4. The number of rotatable bonds is 10. The van der Waals surface area contributed by atoms with Crippen molar-refractivity contribution >= 4 is 5.97 Å². The van der Waals surface area contributed by atoms with Crippen LogP contribution in [0.1, 0.15) is 63.0 Å². The van der Waals surface area contributed by atoms with Crippen molar-refractivity contribution in [3.63, 3.8) is 0 Å². The predicted octanol–water partition coefficient (Wildman–Crippen LogP) is 6.77. The average Bonchev–Trinajstić information content (AvgIpc) is 2.70. The molecule has 0 aromatic heterocycles. The van der Waals surface area contributed by atoms with Gasteiger partial charge in [-0.05, 0) is 49.1 Å². The number of para-hydroxylation sites is 1. The van der Waals surface area contributed by atoms with Gasteiger partial charge >= 0.3 is 5.97 Å². The zero-order valence-electron chi connectivity index (χ0n) is 17.3. The summed E-state index contributed by atoms with van der Waals surface area (Å²) in [6.45, 7) is 7.61. The van der Waals surface area contributed by atoms with E-state index in [4.69, 9.17) is 4.74 Å². The Morgan fingerprint density at radius 3 is 2.21 bits per heavy atom. The van der Waals surface area contributed by atoms with Gasteiger partial charge in [-0.1, -0.05) is 82.4 Å². The Morgan fingerprint density at radius 2 is 1.61 bits per heavy atom. The van der Waals surface area contributed by atoms with Crippen LogP contribution in [0.3, 0.4) is 0 Å². The van der Waals surface area contributed by atoms with Gasteiger partial charge in [-0.2, -0.15) is 0 Å². The number of benzene rings is 2. The van der Waals surface area contributed by atoms with Gasteiger partial charge in [0.2, 0.25) is 0 Å². The number of carbonyl (C=O) groups is 1. The molecule has 0 fully saturated rings. The van der Waals surface area contributed by atoms with E-state index in [0.29, 0.717) is 11.5 Å². The van der Waals surface area contributed by atoms with Crippen LogP contribution < -0.4 is 4.74 Å². The Bertz CT molecular complexity index is 672. The van der Waals surface area contributed by atoms with Crippen molar-refractivity contribution in [1.82, 2.24) is 0 Å². The lowest BCUT2D eigenvalue weighted by Crippen LogP contribution is -2.02. The Balaban J connectivity index is 0.000000307. The lowest BCUT2D eigenvalue weighted by atomic mass is 10.0. The van der Waals surface area contributed by atoms with Gasteiger partial charge in [0.15, 0.2) is 0 Å². The molecule has 0 aliphatic rings. The van der Waals surface area contributed by atoms with Crippen LogP contribution in [-0.2, 0) is 11.2 Å². The van der Waals surface area contributed by atoms with E-state index in [1.165, 1.54) is 50.5 Å². The average molecular weight is 383 g/mol. The van der Waals surface area contributed by atoms with Gasteiger partial charge in [-0.25, -0.2) is 4.79 Å². The molecule has 0 aliphatic carbocycles. The number of hydrogen-bond acceptors (Lipinski definition) is 3. The van der Waals surface area contributed by atoms with Crippen LogP contribution in [0.5, 0.6) is 11.5 Å². The van der Waals surface area contributed by atoms with E-state index >= 15 is 0 Å². The molecule has 0 saturated heterocycles. The first-order valence-electron chi connectivity index (χ1n) is 10.2. The number of carbonyl (C=O) groups excluding carboxylic acids is 1. The van der Waals surface area contributed by atoms with Gasteiger partial charge in [0.1, 0.15) is 11.5 Å². The molecule has 0 aliphatic heterocycles. The molecular weight excluding hydrogens is 348 g/mol. The fourth-order valence-corrected chi connectivity index (χ4v) is 2.92. The van der Waals surface area contributed by atoms with Crippen molar-refractivity contribution in [3.8, 4) is 11.5 Å². The maximum atomic E-state index is 10.6. The number of aromatic hydroxyl groups is 1. The quantitative estimate of drug-likeness (QED) is 0.213. The lowest BCUT2D eigenvalue weighted by molar-refractivity contribution is -0.128. The zero-order chi connectivity index (χ0) is 20.6. The molecule has 28 heavy (non-hydrogen) atoms. The summed E-state index contributed by atoms with van der Waals surface area (Å²) < 4.78 is 4.81. The molecule has 3 nitrogen and oxygen atoms in total. The third-order valence-electron chi connectivity index (χ3n) is 4.54. The minimum Gasteiger partial charge on any atom is -0.508 e. The Morgan fingerprint density at radius 1 is 0.964 bits per heavy atom. The molecule has 2 aromatic carbocycles. The maximum Gasteiger partial charge on any atom is 0.335 e. The number of aryl methyl sites for hydroxylation is 1. The molecule has 0 atom stereocenters. The van der Waals surface area contributed by atoms with Crippen LogP contribution in [0.4, 0.5) is 0 Å².